The van der Waals surface area contributed by atoms with E-state index in [-0.39, 0.29) is 12.1 Å². The van der Waals surface area contributed by atoms with Crippen LogP contribution in [0, 0.1) is 17.8 Å². The fourth-order valence-electron chi connectivity index (χ4n) is 3.46. The van der Waals surface area contributed by atoms with Crippen molar-refractivity contribution in [2.45, 2.75) is 52.2 Å². The Morgan fingerprint density at radius 2 is 1.86 bits per heavy atom. The fraction of sp³-hybridized carbons (Fsp3) is 0.632. The molecular weight excluding hydrogens is 276 g/mol. The van der Waals surface area contributed by atoms with E-state index in [9.17, 15) is 4.79 Å². The predicted octanol–water partition coefficient (Wildman–Crippen LogP) is 4.38. The van der Waals surface area contributed by atoms with Crippen molar-refractivity contribution in [1.82, 2.24) is 0 Å². The lowest BCUT2D eigenvalue weighted by molar-refractivity contribution is -0.168. The predicted molar refractivity (Wildman–Crippen MR) is 87.4 cm³/mol. The van der Waals surface area contributed by atoms with Crippen LogP contribution in [0.4, 0.5) is 0 Å². The van der Waals surface area contributed by atoms with Gasteiger partial charge in [0.15, 0.2) is 6.10 Å². The van der Waals surface area contributed by atoms with E-state index < -0.39 is 6.10 Å². The topological polar surface area (TPSA) is 35.5 Å². The smallest absolute Gasteiger partial charge is 0.340 e. The molecule has 0 amide bonds. The third kappa shape index (κ3) is 4.10. The third-order valence-electron chi connectivity index (χ3n) is 4.78. The first-order valence-corrected chi connectivity index (χ1v) is 8.31. The zero-order chi connectivity index (χ0) is 16.1. The molecule has 0 aliphatic heterocycles. The molecule has 1 fully saturated rings. The van der Waals surface area contributed by atoms with E-state index in [1.165, 1.54) is 6.42 Å². The van der Waals surface area contributed by atoms with Crippen molar-refractivity contribution in [1.29, 1.82) is 0 Å². The maximum atomic E-state index is 12.6. The first-order chi connectivity index (χ1) is 10.5. The Kier molecular flexibility index (Phi) is 6.01. The highest BCUT2D eigenvalue weighted by Crippen LogP contribution is 2.36. The summed E-state index contributed by atoms with van der Waals surface area (Å²) in [5.41, 5.74) is 0.847. The summed E-state index contributed by atoms with van der Waals surface area (Å²) in [6.45, 7) is 6.67. The van der Waals surface area contributed by atoms with Crippen LogP contribution in [-0.2, 0) is 14.3 Å². The van der Waals surface area contributed by atoms with Crippen molar-refractivity contribution in [2.75, 3.05) is 7.11 Å². The third-order valence-corrected chi connectivity index (χ3v) is 4.78. The number of carbonyl (C=O) groups is 1. The number of hydrogen-bond acceptors (Lipinski definition) is 3. The normalized spacial score (nSPS) is 26.7. The number of ether oxygens (including phenoxy) is 2. The monoisotopic (exact) mass is 304 g/mol. The number of methoxy groups -OCH3 is 1. The lowest BCUT2D eigenvalue weighted by Gasteiger charge is -2.37. The van der Waals surface area contributed by atoms with E-state index in [1.54, 1.807) is 7.11 Å². The summed E-state index contributed by atoms with van der Waals surface area (Å²) in [5, 5.41) is 0. The van der Waals surface area contributed by atoms with Crippen LogP contribution in [0.25, 0.3) is 0 Å². The summed E-state index contributed by atoms with van der Waals surface area (Å²) < 4.78 is 11.3. The van der Waals surface area contributed by atoms with E-state index >= 15 is 0 Å². The molecule has 0 aromatic heterocycles. The molecule has 0 spiro atoms. The van der Waals surface area contributed by atoms with Crippen LogP contribution in [0.1, 0.15) is 51.7 Å². The summed E-state index contributed by atoms with van der Waals surface area (Å²) in [5.74, 6) is 1.33. The number of carbonyl (C=O) groups excluding carboxylic acids is 1. The fourth-order valence-corrected chi connectivity index (χ4v) is 3.46. The number of hydrogen-bond donors (Lipinski definition) is 0. The van der Waals surface area contributed by atoms with Gasteiger partial charge in [-0.2, -0.15) is 0 Å². The average Bonchev–Trinajstić information content (AvgIpc) is 2.48. The Bertz CT molecular complexity index is 469. The van der Waals surface area contributed by atoms with Gasteiger partial charge < -0.3 is 9.47 Å². The first kappa shape index (κ1) is 17.0. The molecule has 22 heavy (non-hydrogen) atoms. The second-order valence-electron chi connectivity index (χ2n) is 6.83. The van der Waals surface area contributed by atoms with Crippen LogP contribution in [0.2, 0.25) is 0 Å². The molecule has 0 unspecified atom stereocenters. The molecule has 1 saturated carbocycles. The summed E-state index contributed by atoms with van der Waals surface area (Å²) >= 11 is 0. The lowest BCUT2D eigenvalue weighted by Crippen LogP contribution is -2.37. The van der Waals surface area contributed by atoms with Gasteiger partial charge in [-0.25, -0.2) is 4.79 Å². The van der Waals surface area contributed by atoms with Gasteiger partial charge in [0.25, 0.3) is 0 Å². The van der Waals surface area contributed by atoms with Crippen LogP contribution in [-0.4, -0.2) is 19.2 Å². The molecule has 1 aliphatic rings. The average molecular weight is 304 g/mol. The molecule has 0 saturated heterocycles. The summed E-state index contributed by atoms with van der Waals surface area (Å²) in [6, 6.07) is 9.55. The quantitative estimate of drug-likeness (QED) is 0.757. The van der Waals surface area contributed by atoms with Gasteiger partial charge in [-0.15, -0.1) is 0 Å². The van der Waals surface area contributed by atoms with Crippen LogP contribution in [0.15, 0.2) is 30.3 Å². The Labute approximate surface area is 134 Å². The zero-order valence-corrected chi connectivity index (χ0v) is 14.1. The molecule has 2 rings (SSSR count). The van der Waals surface area contributed by atoms with E-state index in [0.29, 0.717) is 17.8 Å². The first-order valence-electron chi connectivity index (χ1n) is 8.31. The van der Waals surface area contributed by atoms with Crippen LogP contribution >= 0.6 is 0 Å². The Balaban J connectivity index is 2.08. The minimum atomic E-state index is -0.633. The summed E-state index contributed by atoms with van der Waals surface area (Å²) in [6.07, 6.45) is 2.70. The maximum absolute atomic E-state index is 12.6. The minimum Gasteiger partial charge on any atom is -0.460 e. The maximum Gasteiger partial charge on any atom is 0.340 e. The minimum absolute atomic E-state index is 0.0117. The van der Waals surface area contributed by atoms with Crippen LogP contribution < -0.4 is 0 Å². The van der Waals surface area contributed by atoms with E-state index in [1.807, 2.05) is 30.3 Å². The Hall–Kier alpha value is -1.35. The highest BCUT2D eigenvalue weighted by atomic mass is 16.6. The van der Waals surface area contributed by atoms with Crippen molar-refractivity contribution in [2.24, 2.45) is 17.8 Å². The molecule has 1 aromatic rings. The van der Waals surface area contributed by atoms with Gasteiger partial charge in [-0.1, -0.05) is 57.5 Å². The number of rotatable bonds is 5. The van der Waals surface area contributed by atoms with Crippen molar-refractivity contribution in [3.8, 4) is 0 Å². The van der Waals surface area contributed by atoms with Crippen LogP contribution in [0.3, 0.4) is 0 Å². The standard InChI is InChI=1S/C19H28O3/c1-13(2)16-11-10-14(3)12-17(16)22-19(20)18(21-4)15-8-6-5-7-9-15/h5-9,13-14,16-18H,10-12H2,1-4H3/t14-,16+,17-,18-/m1/s1. The molecule has 3 nitrogen and oxygen atoms in total. The molecule has 1 aromatic carbocycles. The van der Waals surface area contributed by atoms with Gasteiger partial charge in [-0.3, -0.25) is 0 Å². The van der Waals surface area contributed by atoms with E-state index in [4.69, 9.17) is 9.47 Å². The van der Waals surface area contributed by atoms with Gasteiger partial charge in [-0.05, 0) is 36.2 Å². The summed E-state index contributed by atoms with van der Waals surface area (Å²) in [4.78, 5) is 12.6. The molecule has 3 heteroatoms. The number of esters is 1. The van der Waals surface area contributed by atoms with Gasteiger partial charge in [0.1, 0.15) is 6.10 Å². The second-order valence-corrected chi connectivity index (χ2v) is 6.83. The largest absolute Gasteiger partial charge is 0.460 e. The highest BCUT2D eigenvalue weighted by Gasteiger charge is 2.35. The van der Waals surface area contributed by atoms with Crippen molar-refractivity contribution in [3.63, 3.8) is 0 Å². The Morgan fingerprint density at radius 3 is 2.45 bits per heavy atom. The SMILES string of the molecule is CO[C@@H](C(=O)O[C@@H]1C[C@H](C)CC[C@H]1C(C)C)c1ccccc1. The van der Waals surface area contributed by atoms with Gasteiger partial charge in [0, 0.05) is 7.11 Å². The molecular formula is C19H28O3. The van der Waals surface area contributed by atoms with Gasteiger partial charge in [0.2, 0.25) is 0 Å². The molecule has 122 valence electrons. The Morgan fingerprint density at radius 1 is 1.18 bits per heavy atom. The molecule has 1 aliphatic carbocycles. The molecule has 0 radical (unpaired) electrons. The molecule has 0 N–H and O–H groups in total. The number of benzene rings is 1. The zero-order valence-electron chi connectivity index (χ0n) is 14.1. The van der Waals surface area contributed by atoms with Crippen molar-refractivity contribution in [3.05, 3.63) is 35.9 Å². The molecule has 0 heterocycles. The van der Waals surface area contributed by atoms with Crippen molar-refractivity contribution < 1.29 is 14.3 Å². The highest BCUT2D eigenvalue weighted by molar-refractivity contribution is 5.76. The van der Waals surface area contributed by atoms with Gasteiger partial charge in [0.05, 0.1) is 0 Å². The van der Waals surface area contributed by atoms with Crippen molar-refractivity contribution >= 4 is 5.97 Å². The molecule has 4 atom stereocenters. The van der Waals surface area contributed by atoms with Gasteiger partial charge >= 0.3 is 5.97 Å². The summed E-state index contributed by atoms with van der Waals surface area (Å²) in [7, 11) is 1.56. The van der Waals surface area contributed by atoms with E-state index in [2.05, 4.69) is 20.8 Å². The molecule has 0 bridgehead atoms. The van der Waals surface area contributed by atoms with E-state index in [0.717, 1.165) is 18.4 Å². The van der Waals surface area contributed by atoms with Crippen LogP contribution in [0.5, 0.6) is 0 Å². The lowest BCUT2D eigenvalue weighted by atomic mass is 9.75. The second kappa shape index (κ2) is 7.77.